The van der Waals surface area contributed by atoms with Crippen LogP contribution in [0.15, 0.2) is 23.2 Å². The molecule has 2 aliphatic heterocycles. The molecule has 0 aliphatic carbocycles. The number of nitrogens with one attached hydrogen (secondary N) is 2. The minimum atomic E-state index is 0.918. The first-order chi connectivity index (χ1) is 9.83. The van der Waals surface area contributed by atoms with E-state index in [2.05, 4.69) is 26.6 Å². The molecule has 0 amide bonds. The molecular formula is C15H21ClN4. The number of benzene rings is 1. The van der Waals surface area contributed by atoms with E-state index in [0.29, 0.717) is 0 Å². The van der Waals surface area contributed by atoms with Crippen molar-refractivity contribution in [1.29, 1.82) is 0 Å². The fourth-order valence-electron chi connectivity index (χ4n) is 2.80. The molecule has 4 nitrogen and oxygen atoms in total. The average molecular weight is 293 g/mol. The van der Waals surface area contributed by atoms with Gasteiger partial charge in [-0.25, -0.2) is 0 Å². The number of halogens is 1. The van der Waals surface area contributed by atoms with E-state index >= 15 is 0 Å². The highest BCUT2D eigenvalue weighted by Gasteiger charge is 2.17. The highest BCUT2D eigenvalue weighted by Crippen LogP contribution is 2.25. The van der Waals surface area contributed by atoms with Crippen molar-refractivity contribution in [3.05, 3.63) is 34.3 Å². The van der Waals surface area contributed by atoms with Gasteiger partial charge < -0.3 is 10.6 Å². The highest BCUT2D eigenvalue weighted by molar-refractivity contribution is 6.31. The third kappa shape index (κ3) is 3.25. The van der Waals surface area contributed by atoms with E-state index in [0.717, 1.165) is 63.1 Å². The summed E-state index contributed by atoms with van der Waals surface area (Å²) in [7, 11) is 0. The Hall–Kier alpha value is -1.26. The monoisotopic (exact) mass is 292 g/mol. The van der Waals surface area contributed by atoms with E-state index in [9.17, 15) is 0 Å². The number of aliphatic imine (C=N–C) groups is 1. The minimum absolute atomic E-state index is 0.918. The fourth-order valence-corrected chi connectivity index (χ4v) is 3.08. The molecule has 2 N–H and O–H groups in total. The van der Waals surface area contributed by atoms with Crippen LogP contribution >= 0.6 is 11.6 Å². The van der Waals surface area contributed by atoms with Crippen LogP contribution in [0.4, 0.5) is 0 Å². The lowest BCUT2D eigenvalue weighted by Crippen LogP contribution is -2.44. The maximum absolute atomic E-state index is 6.24. The van der Waals surface area contributed by atoms with E-state index in [-0.39, 0.29) is 0 Å². The average Bonchev–Trinajstić information content (AvgIpc) is 2.48. The Bertz CT molecular complexity index is 501. The van der Waals surface area contributed by atoms with Gasteiger partial charge in [-0.15, -0.1) is 0 Å². The first-order valence-electron chi connectivity index (χ1n) is 7.34. The van der Waals surface area contributed by atoms with E-state index in [1.165, 1.54) is 11.1 Å². The van der Waals surface area contributed by atoms with Crippen LogP contribution in [-0.4, -0.2) is 43.6 Å². The van der Waals surface area contributed by atoms with Gasteiger partial charge in [-0.2, -0.15) is 0 Å². The molecule has 5 heteroatoms. The predicted molar refractivity (Wildman–Crippen MR) is 83.4 cm³/mol. The Labute approximate surface area is 125 Å². The predicted octanol–water partition coefficient (Wildman–Crippen LogP) is 1.64. The van der Waals surface area contributed by atoms with Crippen LogP contribution in [0.3, 0.4) is 0 Å². The second-order valence-corrected chi connectivity index (χ2v) is 5.75. The van der Waals surface area contributed by atoms with Crippen molar-refractivity contribution < 1.29 is 0 Å². The molecule has 2 heterocycles. The Kier molecular flexibility index (Phi) is 4.43. The molecule has 0 spiro atoms. The Morgan fingerprint density at radius 1 is 1.40 bits per heavy atom. The summed E-state index contributed by atoms with van der Waals surface area (Å²) in [5.74, 6) is 0.955. The van der Waals surface area contributed by atoms with E-state index in [1.807, 2.05) is 12.1 Å². The fraction of sp³-hybridized carbons (Fsp3) is 0.533. The summed E-state index contributed by atoms with van der Waals surface area (Å²) in [6.45, 7) is 6.01. The normalized spacial score (nSPS) is 18.9. The SMILES string of the molecule is Clc1cccc2c1CCN(CCNC1=NCCCN1)C2. The third-order valence-electron chi connectivity index (χ3n) is 3.91. The van der Waals surface area contributed by atoms with Crippen LogP contribution in [-0.2, 0) is 13.0 Å². The summed E-state index contributed by atoms with van der Waals surface area (Å²) >= 11 is 6.24. The van der Waals surface area contributed by atoms with Crippen molar-refractivity contribution in [1.82, 2.24) is 15.5 Å². The molecule has 0 fully saturated rings. The van der Waals surface area contributed by atoms with Crippen LogP contribution in [0, 0.1) is 0 Å². The van der Waals surface area contributed by atoms with Gasteiger partial charge in [-0.1, -0.05) is 23.7 Å². The van der Waals surface area contributed by atoms with Crippen LogP contribution in [0.1, 0.15) is 17.5 Å². The summed E-state index contributed by atoms with van der Waals surface area (Å²) in [5.41, 5.74) is 2.70. The molecule has 0 atom stereocenters. The van der Waals surface area contributed by atoms with Crippen LogP contribution in [0.2, 0.25) is 5.02 Å². The standard InChI is InChI=1S/C15H21ClN4/c16-14-4-1-3-12-11-20(9-5-13(12)14)10-8-19-15-17-6-2-7-18-15/h1,3-4H,2,5-11H2,(H2,17,18,19). The minimum Gasteiger partial charge on any atom is -0.356 e. The maximum atomic E-state index is 6.24. The Balaban J connectivity index is 1.49. The smallest absolute Gasteiger partial charge is 0.191 e. The molecule has 20 heavy (non-hydrogen) atoms. The van der Waals surface area contributed by atoms with Gasteiger partial charge in [0.15, 0.2) is 5.96 Å². The zero-order valence-corrected chi connectivity index (χ0v) is 12.4. The van der Waals surface area contributed by atoms with Gasteiger partial charge in [0.25, 0.3) is 0 Å². The van der Waals surface area contributed by atoms with E-state index in [1.54, 1.807) is 0 Å². The van der Waals surface area contributed by atoms with Crippen LogP contribution in [0.5, 0.6) is 0 Å². The molecule has 0 saturated heterocycles. The number of guanidine groups is 1. The van der Waals surface area contributed by atoms with Crippen molar-refractivity contribution in [2.45, 2.75) is 19.4 Å². The third-order valence-corrected chi connectivity index (χ3v) is 4.26. The Morgan fingerprint density at radius 2 is 2.35 bits per heavy atom. The summed E-state index contributed by atoms with van der Waals surface area (Å²) in [6.07, 6.45) is 2.18. The van der Waals surface area contributed by atoms with Crippen LogP contribution < -0.4 is 10.6 Å². The molecule has 0 aromatic heterocycles. The summed E-state index contributed by atoms with van der Waals surface area (Å²) in [5, 5.41) is 7.58. The van der Waals surface area contributed by atoms with Crippen molar-refractivity contribution in [3.8, 4) is 0 Å². The molecule has 3 rings (SSSR count). The molecule has 1 aromatic carbocycles. The largest absolute Gasteiger partial charge is 0.356 e. The lowest BCUT2D eigenvalue weighted by molar-refractivity contribution is 0.258. The van der Waals surface area contributed by atoms with Crippen molar-refractivity contribution in [2.24, 2.45) is 4.99 Å². The highest BCUT2D eigenvalue weighted by atomic mass is 35.5. The number of nitrogens with zero attached hydrogens (tertiary/aromatic N) is 2. The summed E-state index contributed by atoms with van der Waals surface area (Å²) < 4.78 is 0. The molecule has 108 valence electrons. The molecule has 0 saturated carbocycles. The first kappa shape index (κ1) is 13.7. The van der Waals surface area contributed by atoms with Crippen molar-refractivity contribution in [2.75, 3.05) is 32.7 Å². The zero-order valence-electron chi connectivity index (χ0n) is 11.7. The maximum Gasteiger partial charge on any atom is 0.191 e. The van der Waals surface area contributed by atoms with Gasteiger partial charge in [0.05, 0.1) is 0 Å². The number of hydrogen-bond acceptors (Lipinski definition) is 4. The van der Waals surface area contributed by atoms with Gasteiger partial charge >= 0.3 is 0 Å². The number of hydrogen-bond donors (Lipinski definition) is 2. The molecule has 0 radical (unpaired) electrons. The van der Waals surface area contributed by atoms with Gasteiger partial charge in [-0.3, -0.25) is 9.89 Å². The lowest BCUT2D eigenvalue weighted by Gasteiger charge is -2.29. The van der Waals surface area contributed by atoms with Crippen LogP contribution in [0.25, 0.3) is 0 Å². The number of rotatable bonds is 3. The molecular weight excluding hydrogens is 272 g/mol. The van der Waals surface area contributed by atoms with E-state index < -0.39 is 0 Å². The molecule has 0 unspecified atom stereocenters. The van der Waals surface area contributed by atoms with Gasteiger partial charge in [0.1, 0.15) is 0 Å². The van der Waals surface area contributed by atoms with Gasteiger partial charge in [-0.05, 0) is 30.0 Å². The molecule has 2 aliphatic rings. The second-order valence-electron chi connectivity index (χ2n) is 5.34. The quantitative estimate of drug-likeness (QED) is 0.890. The molecule has 0 bridgehead atoms. The Morgan fingerprint density at radius 3 is 3.20 bits per heavy atom. The molecule has 1 aromatic rings. The van der Waals surface area contributed by atoms with Gasteiger partial charge in [0, 0.05) is 44.3 Å². The first-order valence-corrected chi connectivity index (χ1v) is 7.71. The van der Waals surface area contributed by atoms with Crippen molar-refractivity contribution in [3.63, 3.8) is 0 Å². The summed E-state index contributed by atoms with van der Waals surface area (Å²) in [6, 6.07) is 6.22. The van der Waals surface area contributed by atoms with E-state index in [4.69, 9.17) is 11.6 Å². The zero-order chi connectivity index (χ0) is 13.8. The topological polar surface area (TPSA) is 39.7 Å². The van der Waals surface area contributed by atoms with Gasteiger partial charge in [0.2, 0.25) is 0 Å². The lowest BCUT2D eigenvalue weighted by atomic mass is 10.00. The van der Waals surface area contributed by atoms with Crippen molar-refractivity contribution >= 4 is 17.6 Å². The summed E-state index contributed by atoms with van der Waals surface area (Å²) in [4.78, 5) is 6.89. The number of fused-ring (bicyclic) bond motifs is 1. The second kappa shape index (κ2) is 6.46.